The predicted octanol–water partition coefficient (Wildman–Crippen LogP) is 2.34. The highest BCUT2D eigenvalue weighted by Gasteiger charge is 2.93. The summed E-state index contributed by atoms with van der Waals surface area (Å²) < 4.78 is 256. The Kier molecular flexibility index (Phi) is 9.63. The van der Waals surface area contributed by atoms with E-state index in [2.05, 4.69) is 0 Å². The van der Waals surface area contributed by atoms with E-state index in [-0.39, 0.29) is 0 Å². The van der Waals surface area contributed by atoms with Crippen LogP contribution >= 0.6 is 0 Å². The Labute approximate surface area is 195 Å². The molecular formula is C12HF18IO4S. The van der Waals surface area contributed by atoms with Gasteiger partial charge in [-0.3, -0.25) is 4.55 Å². The summed E-state index contributed by atoms with van der Waals surface area (Å²) in [6.07, 6.45) is -7.66. The standard InChI is InChI=1S/C12F18I.H2O4S/c13-1-2(14)4(16)6(5(17)3(1)15)31-12(29,30)10(24,25)8(20,21)7(18,19)9(22,23)11(26,27)28;1-5(2,3)4/h;(H2,1,2,3,4)/q+1;/p-1. The summed E-state index contributed by atoms with van der Waals surface area (Å²) in [6, 6.07) is 0. The van der Waals surface area contributed by atoms with Crippen LogP contribution in [0, 0.1) is 32.7 Å². The smallest absolute Gasteiger partial charge is 0.517 e. The number of hydrogen-bond acceptors (Lipinski definition) is 3. The van der Waals surface area contributed by atoms with Gasteiger partial charge >= 0.3 is 55.0 Å². The average Bonchev–Trinajstić information content (AvgIpc) is 2.65. The Morgan fingerprint density at radius 3 is 1.08 bits per heavy atom. The van der Waals surface area contributed by atoms with Gasteiger partial charge in [-0.05, 0) is 0 Å². The predicted molar refractivity (Wildman–Crippen MR) is 68.0 cm³/mol. The van der Waals surface area contributed by atoms with Crippen LogP contribution in [0.4, 0.5) is 79.0 Å². The molecule has 0 unspecified atom stereocenters. The topological polar surface area (TPSA) is 77.4 Å². The number of halogens is 19. The molecule has 0 saturated carbocycles. The number of hydrogen-bond donors (Lipinski definition) is 1. The largest absolute Gasteiger partial charge is 0.726 e. The summed E-state index contributed by atoms with van der Waals surface area (Å²) in [6.45, 7) is 0. The number of benzene rings is 1. The summed E-state index contributed by atoms with van der Waals surface area (Å²) in [5.74, 6) is -48.1. The van der Waals surface area contributed by atoms with Gasteiger partial charge in [-0.25, -0.2) is 21.6 Å². The maximum Gasteiger partial charge on any atom is 0.517 e. The van der Waals surface area contributed by atoms with Gasteiger partial charge in [0.25, 0.3) is 3.57 Å². The first-order valence-corrected chi connectivity index (χ1v) is 10.7. The van der Waals surface area contributed by atoms with Gasteiger partial charge in [0.1, 0.15) is 0 Å². The molecule has 0 saturated heterocycles. The van der Waals surface area contributed by atoms with Gasteiger partial charge in [0, 0.05) is 0 Å². The first kappa shape index (κ1) is 34.6. The molecule has 1 aromatic rings. The molecule has 0 fully saturated rings. The van der Waals surface area contributed by atoms with Crippen LogP contribution in [-0.4, -0.2) is 51.3 Å². The molecule has 1 rings (SSSR count). The quantitative estimate of drug-likeness (QED) is 0.0937. The van der Waals surface area contributed by atoms with E-state index in [9.17, 15) is 79.0 Å². The maximum absolute atomic E-state index is 13.6. The molecular weight excluding hydrogens is 709 g/mol. The Morgan fingerprint density at radius 2 is 0.806 bits per heavy atom. The third-order valence-corrected chi connectivity index (χ3v) is 6.11. The van der Waals surface area contributed by atoms with Gasteiger partial charge in [0.2, 0.25) is 39.5 Å². The van der Waals surface area contributed by atoms with E-state index in [4.69, 9.17) is 17.5 Å². The van der Waals surface area contributed by atoms with Crippen molar-refractivity contribution < 1.29 is 118 Å². The van der Waals surface area contributed by atoms with Crippen molar-refractivity contribution in [1.82, 2.24) is 0 Å². The van der Waals surface area contributed by atoms with Gasteiger partial charge < -0.3 is 4.55 Å². The second-order valence-corrected chi connectivity index (χ2v) is 9.53. The van der Waals surface area contributed by atoms with E-state index in [0.29, 0.717) is 0 Å². The Balaban J connectivity index is 0.00000222. The first-order chi connectivity index (χ1) is 15.4. The van der Waals surface area contributed by atoms with Crippen LogP contribution in [0.5, 0.6) is 0 Å². The number of rotatable bonds is 6. The van der Waals surface area contributed by atoms with Gasteiger partial charge in [-0.2, -0.15) is 65.9 Å². The molecule has 0 radical (unpaired) electrons. The average molecular weight is 710 g/mol. The van der Waals surface area contributed by atoms with E-state index < -0.39 is 98.1 Å². The fourth-order valence-corrected chi connectivity index (χ4v) is 3.89. The second kappa shape index (κ2) is 10.0. The first-order valence-electron chi connectivity index (χ1n) is 7.21. The van der Waals surface area contributed by atoms with Gasteiger partial charge in [-0.15, -0.1) is 0 Å². The molecule has 0 aliphatic carbocycles. The molecule has 1 aromatic carbocycles. The molecule has 0 atom stereocenters. The summed E-state index contributed by atoms with van der Waals surface area (Å²) in [5.41, 5.74) is 0. The third kappa shape index (κ3) is 6.16. The van der Waals surface area contributed by atoms with Crippen molar-refractivity contribution in [2.75, 3.05) is 0 Å². The second-order valence-electron chi connectivity index (χ2n) is 5.70. The molecule has 0 aliphatic rings. The highest BCUT2D eigenvalue weighted by Crippen LogP contribution is 2.59. The number of alkyl halides is 14. The third-order valence-electron chi connectivity index (χ3n) is 3.26. The van der Waals surface area contributed by atoms with E-state index in [1.165, 1.54) is 0 Å². The van der Waals surface area contributed by atoms with E-state index in [1.54, 1.807) is 0 Å². The highest BCUT2D eigenvalue weighted by atomic mass is 127. The Morgan fingerprint density at radius 1 is 0.556 bits per heavy atom. The van der Waals surface area contributed by atoms with Crippen molar-refractivity contribution in [3.05, 3.63) is 32.7 Å². The zero-order chi connectivity index (χ0) is 29.7. The molecule has 0 spiro atoms. The lowest BCUT2D eigenvalue weighted by atomic mass is 9.98. The minimum Gasteiger partial charge on any atom is -0.726 e. The van der Waals surface area contributed by atoms with E-state index in [1.807, 2.05) is 0 Å². The highest BCUT2D eigenvalue weighted by molar-refractivity contribution is 7.79. The lowest BCUT2D eigenvalue weighted by Crippen LogP contribution is -3.68. The van der Waals surface area contributed by atoms with Crippen molar-refractivity contribution in [2.24, 2.45) is 0 Å². The monoisotopic (exact) mass is 710 g/mol. The normalized spacial score (nSPS) is 14.4. The molecule has 0 heterocycles. The SMILES string of the molecule is Fc1c(F)c(F)c([I+]C(F)(F)C(F)(F)C(F)(F)C(F)(F)C(F)(F)C(F)(F)F)c(F)c1F.O=S(=O)([O-])O. The minimum atomic E-state index is -8.26. The van der Waals surface area contributed by atoms with Crippen molar-refractivity contribution in [3.63, 3.8) is 0 Å². The Bertz CT molecular complexity index is 1050. The van der Waals surface area contributed by atoms with Crippen molar-refractivity contribution in [1.29, 1.82) is 0 Å². The van der Waals surface area contributed by atoms with Crippen LogP contribution in [0.2, 0.25) is 0 Å². The van der Waals surface area contributed by atoms with Crippen LogP contribution in [0.1, 0.15) is 0 Å². The zero-order valence-electron chi connectivity index (χ0n) is 15.3. The summed E-state index contributed by atoms with van der Waals surface area (Å²) in [7, 11) is -4.92. The van der Waals surface area contributed by atoms with E-state index >= 15 is 0 Å². The molecule has 36 heavy (non-hydrogen) atoms. The minimum absolute atomic E-state index is 2.86. The maximum atomic E-state index is 13.6. The van der Waals surface area contributed by atoms with Gasteiger partial charge in [-0.1, -0.05) is 0 Å². The lowest BCUT2D eigenvalue weighted by Gasteiger charge is -2.36. The van der Waals surface area contributed by atoms with E-state index in [0.717, 1.165) is 0 Å². The Hall–Kier alpha value is -1.44. The summed E-state index contributed by atoms with van der Waals surface area (Å²) in [4.78, 5) is 0. The molecule has 0 bridgehead atoms. The van der Waals surface area contributed by atoms with Gasteiger partial charge in [0.05, 0.1) is 0 Å². The molecule has 0 aliphatic heterocycles. The molecule has 0 aromatic heterocycles. The zero-order valence-corrected chi connectivity index (χ0v) is 18.2. The molecule has 212 valence electrons. The summed E-state index contributed by atoms with van der Waals surface area (Å²) >= 11 is -5.00. The van der Waals surface area contributed by atoms with Crippen molar-refractivity contribution in [2.45, 2.75) is 33.8 Å². The molecule has 4 nitrogen and oxygen atoms in total. The fourth-order valence-electron chi connectivity index (χ4n) is 1.59. The summed E-state index contributed by atoms with van der Waals surface area (Å²) in [5, 5.41) is 0. The van der Waals surface area contributed by atoms with Gasteiger partial charge in [0.15, 0.2) is 0 Å². The van der Waals surface area contributed by atoms with Crippen LogP contribution in [0.3, 0.4) is 0 Å². The molecule has 24 heteroatoms. The fraction of sp³-hybridized carbons (Fsp3) is 0.500. The molecule has 1 N–H and O–H groups in total. The van der Waals surface area contributed by atoms with Crippen LogP contribution in [-0.2, 0) is 10.4 Å². The lowest BCUT2D eigenvalue weighted by molar-refractivity contribution is -0.794. The van der Waals surface area contributed by atoms with Crippen LogP contribution < -0.4 is 21.2 Å². The van der Waals surface area contributed by atoms with Crippen LogP contribution in [0.25, 0.3) is 0 Å². The van der Waals surface area contributed by atoms with Crippen molar-refractivity contribution >= 4 is 10.4 Å². The van der Waals surface area contributed by atoms with Crippen molar-refractivity contribution in [3.8, 4) is 0 Å². The van der Waals surface area contributed by atoms with Crippen LogP contribution in [0.15, 0.2) is 0 Å². The molecule has 0 amide bonds.